The minimum absolute atomic E-state index is 0.144. The van der Waals surface area contributed by atoms with E-state index in [9.17, 15) is 4.79 Å². The molecule has 0 bridgehead atoms. The smallest absolute Gasteiger partial charge is 0.250 e. The first-order chi connectivity index (χ1) is 15.1. The molecule has 0 saturated heterocycles. The number of amides is 1. The van der Waals surface area contributed by atoms with Crippen LogP contribution in [-0.4, -0.2) is 25.0 Å². The third-order valence-corrected chi connectivity index (χ3v) is 5.67. The van der Waals surface area contributed by atoms with Crippen LogP contribution in [0.2, 0.25) is 5.02 Å². The van der Waals surface area contributed by atoms with Gasteiger partial charge in [-0.2, -0.15) is 5.10 Å². The summed E-state index contributed by atoms with van der Waals surface area (Å²) in [5, 5.41) is 4.70. The maximum atomic E-state index is 11.9. The van der Waals surface area contributed by atoms with Gasteiger partial charge in [0.15, 0.2) is 0 Å². The molecule has 0 aliphatic carbocycles. The summed E-state index contributed by atoms with van der Waals surface area (Å²) >= 11 is 7.66. The van der Waals surface area contributed by atoms with E-state index in [1.807, 2.05) is 72.8 Å². The van der Waals surface area contributed by atoms with Crippen LogP contribution in [0, 0.1) is 0 Å². The summed E-state index contributed by atoms with van der Waals surface area (Å²) in [6.07, 6.45) is 1.60. The zero-order valence-corrected chi connectivity index (χ0v) is 18.7. The Kier molecular flexibility index (Phi) is 8.82. The Morgan fingerprint density at radius 2 is 1.74 bits per heavy atom. The highest BCUT2D eigenvalue weighted by Gasteiger charge is 2.02. The minimum Gasteiger partial charge on any atom is -0.497 e. The monoisotopic (exact) mass is 454 g/mol. The van der Waals surface area contributed by atoms with Crippen LogP contribution in [0.1, 0.15) is 16.7 Å². The Labute approximate surface area is 191 Å². The van der Waals surface area contributed by atoms with Gasteiger partial charge in [-0.05, 0) is 53.6 Å². The van der Waals surface area contributed by atoms with Crippen molar-refractivity contribution in [3.63, 3.8) is 0 Å². The van der Waals surface area contributed by atoms with Crippen LogP contribution in [0.5, 0.6) is 11.5 Å². The fourth-order valence-electron chi connectivity index (χ4n) is 2.62. The van der Waals surface area contributed by atoms with Gasteiger partial charge >= 0.3 is 0 Å². The molecule has 0 aliphatic rings. The van der Waals surface area contributed by atoms with Crippen LogP contribution in [0.3, 0.4) is 0 Å². The van der Waals surface area contributed by atoms with Gasteiger partial charge < -0.3 is 9.47 Å². The van der Waals surface area contributed by atoms with E-state index in [0.29, 0.717) is 17.4 Å². The number of hydrazone groups is 1. The highest BCUT2D eigenvalue weighted by Crippen LogP contribution is 2.19. The van der Waals surface area contributed by atoms with E-state index < -0.39 is 0 Å². The standard InChI is InChI=1S/C24H23ClN2O3S/c1-29-21-10-8-19(9-11-21)16-31-17-24(28)27-26-14-18-6-12-22(13-7-18)30-15-20-4-2-3-5-23(20)25/h2-14H,15-17H2,1H3,(H,27,28)/b26-14-. The molecule has 0 heterocycles. The van der Waals surface area contributed by atoms with E-state index in [0.717, 1.165) is 33.9 Å². The van der Waals surface area contributed by atoms with Crippen molar-refractivity contribution in [1.29, 1.82) is 0 Å². The molecule has 5 nitrogen and oxygen atoms in total. The highest BCUT2D eigenvalue weighted by atomic mass is 35.5. The van der Waals surface area contributed by atoms with E-state index in [2.05, 4.69) is 10.5 Å². The third kappa shape index (κ3) is 7.66. The lowest BCUT2D eigenvalue weighted by Crippen LogP contribution is -2.19. The van der Waals surface area contributed by atoms with Crippen molar-refractivity contribution in [1.82, 2.24) is 5.43 Å². The average Bonchev–Trinajstić information content (AvgIpc) is 2.80. The van der Waals surface area contributed by atoms with Gasteiger partial charge in [0, 0.05) is 16.3 Å². The van der Waals surface area contributed by atoms with E-state index in [1.54, 1.807) is 13.3 Å². The summed E-state index contributed by atoms with van der Waals surface area (Å²) in [4.78, 5) is 11.9. The van der Waals surface area contributed by atoms with Crippen LogP contribution < -0.4 is 14.9 Å². The number of nitrogens with zero attached hydrogens (tertiary/aromatic N) is 1. The van der Waals surface area contributed by atoms with Crippen molar-refractivity contribution < 1.29 is 14.3 Å². The predicted octanol–water partition coefficient (Wildman–Crippen LogP) is 5.31. The third-order valence-electron chi connectivity index (χ3n) is 4.30. The molecule has 0 saturated carbocycles. The molecular weight excluding hydrogens is 432 g/mol. The molecule has 31 heavy (non-hydrogen) atoms. The summed E-state index contributed by atoms with van der Waals surface area (Å²) in [6, 6.07) is 22.8. The quantitative estimate of drug-likeness (QED) is 0.333. The van der Waals surface area contributed by atoms with E-state index in [-0.39, 0.29) is 5.91 Å². The Balaban J connectivity index is 1.37. The summed E-state index contributed by atoms with van der Waals surface area (Å²) in [5.41, 5.74) is 5.48. The van der Waals surface area contributed by atoms with Gasteiger partial charge in [0.2, 0.25) is 5.91 Å². The molecule has 0 radical (unpaired) electrons. The molecule has 3 aromatic rings. The number of hydrogen-bond acceptors (Lipinski definition) is 5. The van der Waals surface area contributed by atoms with Gasteiger partial charge in [-0.3, -0.25) is 4.79 Å². The molecule has 0 atom stereocenters. The Hall–Kier alpha value is -2.96. The summed E-state index contributed by atoms with van der Waals surface area (Å²) < 4.78 is 10.9. The topological polar surface area (TPSA) is 59.9 Å². The first-order valence-electron chi connectivity index (χ1n) is 9.63. The van der Waals surface area contributed by atoms with Gasteiger partial charge in [0.1, 0.15) is 18.1 Å². The molecule has 160 valence electrons. The molecule has 0 aromatic heterocycles. The van der Waals surface area contributed by atoms with Gasteiger partial charge in [0.25, 0.3) is 0 Å². The lowest BCUT2D eigenvalue weighted by Gasteiger charge is -2.07. The van der Waals surface area contributed by atoms with Crippen LogP contribution >= 0.6 is 23.4 Å². The molecule has 7 heteroatoms. The first kappa shape index (κ1) is 22.7. The number of rotatable bonds is 10. The van der Waals surface area contributed by atoms with Crippen molar-refractivity contribution in [2.24, 2.45) is 5.10 Å². The van der Waals surface area contributed by atoms with Crippen molar-refractivity contribution >= 4 is 35.5 Å². The molecule has 0 fully saturated rings. The van der Waals surface area contributed by atoms with Crippen LogP contribution in [-0.2, 0) is 17.2 Å². The second-order valence-corrected chi connectivity index (χ2v) is 7.98. The second-order valence-electron chi connectivity index (χ2n) is 6.58. The number of nitrogens with one attached hydrogen (secondary N) is 1. The van der Waals surface area contributed by atoms with Crippen LogP contribution in [0.25, 0.3) is 0 Å². The van der Waals surface area contributed by atoms with E-state index in [1.165, 1.54) is 11.8 Å². The van der Waals surface area contributed by atoms with Crippen LogP contribution in [0.4, 0.5) is 0 Å². The van der Waals surface area contributed by atoms with Gasteiger partial charge in [-0.25, -0.2) is 5.43 Å². The molecule has 1 N–H and O–H groups in total. The van der Waals surface area contributed by atoms with Gasteiger partial charge in [-0.1, -0.05) is 41.9 Å². The van der Waals surface area contributed by atoms with E-state index >= 15 is 0 Å². The predicted molar refractivity (Wildman–Crippen MR) is 127 cm³/mol. The minimum atomic E-state index is -0.144. The zero-order valence-electron chi connectivity index (χ0n) is 17.1. The van der Waals surface area contributed by atoms with Crippen LogP contribution in [0.15, 0.2) is 77.9 Å². The molecule has 0 spiro atoms. The average molecular weight is 455 g/mol. The van der Waals surface area contributed by atoms with Crippen molar-refractivity contribution in [3.05, 3.63) is 94.5 Å². The summed E-state index contributed by atoms with van der Waals surface area (Å²) in [6.45, 7) is 0.400. The Morgan fingerprint density at radius 3 is 2.45 bits per heavy atom. The fraction of sp³-hybridized carbons (Fsp3) is 0.167. The molecular formula is C24H23ClN2O3S. The molecule has 0 unspecified atom stereocenters. The largest absolute Gasteiger partial charge is 0.497 e. The number of hydrogen-bond donors (Lipinski definition) is 1. The first-order valence-corrected chi connectivity index (χ1v) is 11.2. The number of methoxy groups -OCH3 is 1. The van der Waals surface area contributed by atoms with Gasteiger partial charge in [0.05, 0.1) is 19.1 Å². The summed E-state index contributed by atoms with van der Waals surface area (Å²) in [5.74, 6) is 2.49. The maximum Gasteiger partial charge on any atom is 0.250 e. The van der Waals surface area contributed by atoms with Gasteiger partial charge in [-0.15, -0.1) is 11.8 Å². The normalized spacial score (nSPS) is 10.8. The van der Waals surface area contributed by atoms with Crippen molar-refractivity contribution in [2.75, 3.05) is 12.9 Å². The highest BCUT2D eigenvalue weighted by molar-refractivity contribution is 7.99. The number of ether oxygens (including phenoxy) is 2. The van der Waals surface area contributed by atoms with Crippen molar-refractivity contribution in [2.45, 2.75) is 12.4 Å². The number of halogens is 1. The number of thioether (sulfide) groups is 1. The number of carbonyl (C=O) groups is 1. The zero-order chi connectivity index (χ0) is 21.9. The summed E-state index contributed by atoms with van der Waals surface area (Å²) in [7, 11) is 1.64. The lowest BCUT2D eigenvalue weighted by atomic mass is 10.2. The molecule has 3 aromatic carbocycles. The van der Waals surface area contributed by atoms with E-state index in [4.69, 9.17) is 21.1 Å². The lowest BCUT2D eigenvalue weighted by molar-refractivity contribution is -0.118. The Morgan fingerprint density at radius 1 is 1.03 bits per heavy atom. The number of benzene rings is 3. The Bertz CT molecular complexity index is 1010. The van der Waals surface area contributed by atoms with Crippen molar-refractivity contribution in [3.8, 4) is 11.5 Å². The molecule has 1 amide bonds. The second kappa shape index (κ2) is 12.0. The maximum absolute atomic E-state index is 11.9. The SMILES string of the molecule is COc1ccc(CSCC(=O)N/N=C\c2ccc(OCc3ccccc3Cl)cc2)cc1. The number of carbonyl (C=O) groups excluding carboxylic acids is 1. The fourth-order valence-corrected chi connectivity index (χ4v) is 3.59. The molecule has 3 rings (SSSR count). The molecule has 0 aliphatic heterocycles.